The second kappa shape index (κ2) is 10.6. The molecule has 2 aromatic rings. The SMILES string of the molecule is CCCSc1nc(NC(C)C)c2cnn(CCNC(=O)CCCCl)c2n1. The second-order valence-corrected chi connectivity index (χ2v) is 7.69. The number of nitrogens with one attached hydrogen (secondary N) is 2. The third-order valence-electron chi connectivity index (χ3n) is 3.52. The Morgan fingerprint density at radius 3 is 2.88 bits per heavy atom. The van der Waals surface area contributed by atoms with Crippen LogP contribution < -0.4 is 10.6 Å². The lowest BCUT2D eigenvalue weighted by Crippen LogP contribution is -2.27. The Bertz CT molecular complexity index is 721. The summed E-state index contributed by atoms with van der Waals surface area (Å²) in [5.74, 6) is 2.29. The van der Waals surface area contributed by atoms with Crippen LogP contribution in [0.3, 0.4) is 0 Å². The van der Waals surface area contributed by atoms with E-state index in [9.17, 15) is 4.79 Å². The molecule has 144 valence electrons. The van der Waals surface area contributed by atoms with Gasteiger partial charge in [0.25, 0.3) is 0 Å². The van der Waals surface area contributed by atoms with Gasteiger partial charge in [-0.2, -0.15) is 5.10 Å². The molecule has 0 radical (unpaired) electrons. The van der Waals surface area contributed by atoms with E-state index in [1.807, 2.05) is 4.68 Å². The van der Waals surface area contributed by atoms with Crippen LogP contribution in [0.5, 0.6) is 0 Å². The summed E-state index contributed by atoms with van der Waals surface area (Å²) >= 11 is 7.25. The van der Waals surface area contributed by atoms with Crippen LogP contribution in [0.25, 0.3) is 11.0 Å². The van der Waals surface area contributed by atoms with Crippen LogP contribution in [0.1, 0.15) is 40.0 Å². The van der Waals surface area contributed by atoms with E-state index in [0.29, 0.717) is 31.8 Å². The van der Waals surface area contributed by atoms with Crippen LogP contribution in [0.15, 0.2) is 11.4 Å². The van der Waals surface area contributed by atoms with Gasteiger partial charge in [0.1, 0.15) is 5.82 Å². The Kier molecular flexibility index (Phi) is 8.44. The lowest BCUT2D eigenvalue weighted by atomic mass is 10.3. The molecule has 2 N–H and O–H groups in total. The smallest absolute Gasteiger partial charge is 0.220 e. The topological polar surface area (TPSA) is 84.7 Å². The van der Waals surface area contributed by atoms with Crippen LogP contribution in [0.4, 0.5) is 5.82 Å². The second-order valence-electron chi connectivity index (χ2n) is 6.25. The summed E-state index contributed by atoms with van der Waals surface area (Å²) in [6.07, 6.45) is 3.98. The zero-order chi connectivity index (χ0) is 18.9. The predicted molar refractivity (Wildman–Crippen MR) is 108 cm³/mol. The third kappa shape index (κ3) is 6.02. The van der Waals surface area contributed by atoms with E-state index in [0.717, 1.165) is 34.2 Å². The van der Waals surface area contributed by atoms with E-state index in [1.54, 1.807) is 18.0 Å². The third-order valence-corrected chi connectivity index (χ3v) is 4.84. The highest BCUT2D eigenvalue weighted by molar-refractivity contribution is 7.99. The first-order valence-corrected chi connectivity index (χ1v) is 10.5. The number of hydrogen-bond donors (Lipinski definition) is 2. The molecule has 9 heteroatoms. The molecule has 0 aliphatic heterocycles. The predicted octanol–water partition coefficient (Wildman–Crippen LogP) is 3.28. The maximum atomic E-state index is 11.7. The Hall–Kier alpha value is -1.54. The molecule has 2 aromatic heterocycles. The maximum absolute atomic E-state index is 11.7. The number of anilines is 1. The van der Waals surface area contributed by atoms with Crippen LogP contribution in [-0.2, 0) is 11.3 Å². The molecule has 0 aliphatic rings. The van der Waals surface area contributed by atoms with Gasteiger partial charge < -0.3 is 10.6 Å². The van der Waals surface area contributed by atoms with Crippen LogP contribution >= 0.6 is 23.4 Å². The number of amides is 1. The van der Waals surface area contributed by atoms with Gasteiger partial charge in [0.05, 0.1) is 18.1 Å². The number of carbonyl (C=O) groups excluding carboxylic acids is 1. The van der Waals surface area contributed by atoms with Crippen molar-refractivity contribution in [3.8, 4) is 0 Å². The minimum atomic E-state index is 0.0121. The highest BCUT2D eigenvalue weighted by atomic mass is 35.5. The molecule has 2 heterocycles. The molecule has 0 aliphatic carbocycles. The molecule has 0 aromatic carbocycles. The van der Waals surface area contributed by atoms with E-state index in [-0.39, 0.29) is 11.9 Å². The molecule has 1 amide bonds. The molecule has 2 rings (SSSR count). The standard InChI is InChI=1S/C17H27ClN6OS/c1-4-10-26-17-22-15(21-12(2)3)13-11-20-24(16(13)23-17)9-8-19-14(25)6-5-7-18/h11-12H,4-10H2,1-3H3,(H,19,25)(H,21,22,23). The summed E-state index contributed by atoms with van der Waals surface area (Å²) in [4.78, 5) is 21.0. The molecule has 0 saturated carbocycles. The van der Waals surface area contributed by atoms with Crippen molar-refractivity contribution in [2.75, 3.05) is 23.5 Å². The van der Waals surface area contributed by atoms with Crippen molar-refractivity contribution in [3.63, 3.8) is 0 Å². The lowest BCUT2D eigenvalue weighted by Gasteiger charge is -2.12. The summed E-state index contributed by atoms with van der Waals surface area (Å²) in [6, 6.07) is 0.265. The number of thioether (sulfide) groups is 1. The highest BCUT2D eigenvalue weighted by Crippen LogP contribution is 2.25. The normalized spacial score (nSPS) is 11.3. The van der Waals surface area contributed by atoms with Crippen LogP contribution in [-0.4, -0.2) is 49.9 Å². The number of carbonyl (C=O) groups is 1. The van der Waals surface area contributed by atoms with Gasteiger partial charge in [0, 0.05) is 30.6 Å². The van der Waals surface area contributed by atoms with Gasteiger partial charge in [-0.3, -0.25) is 4.79 Å². The monoisotopic (exact) mass is 398 g/mol. The van der Waals surface area contributed by atoms with Crippen molar-refractivity contribution in [2.24, 2.45) is 0 Å². The molecule has 0 fully saturated rings. The molecule has 0 atom stereocenters. The van der Waals surface area contributed by atoms with Gasteiger partial charge >= 0.3 is 0 Å². The van der Waals surface area contributed by atoms with Crippen molar-refractivity contribution >= 4 is 46.1 Å². The van der Waals surface area contributed by atoms with Gasteiger partial charge in [0.2, 0.25) is 5.91 Å². The van der Waals surface area contributed by atoms with Gasteiger partial charge in [-0.15, -0.1) is 11.6 Å². The van der Waals surface area contributed by atoms with E-state index in [4.69, 9.17) is 11.6 Å². The van der Waals surface area contributed by atoms with E-state index in [1.165, 1.54) is 0 Å². The fourth-order valence-electron chi connectivity index (χ4n) is 2.36. The van der Waals surface area contributed by atoms with Gasteiger partial charge in [0.15, 0.2) is 10.8 Å². The van der Waals surface area contributed by atoms with Crippen molar-refractivity contribution in [1.29, 1.82) is 0 Å². The Morgan fingerprint density at radius 1 is 1.38 bits per heavy atom. The van der Waals surface area contributed by atoms with E-state index < -0.39 is 0 Å². The summed E-state index contributed by atoms with van der Waals surface area (Å²) in [6.45, 7) is 7.36. The minimum Gasteiger partial charge on any atom is -0.367 e. The first-order chi connectivity index (χ1) is 12.5. The zero-order valence-electron chi connectivity index (χ0n) is 15.6. The molecule has 0 saturated heterocycles. The van der Waals surface area contributed by atoms with E-state index in [2.05, 4.69) is 46.5 Å². The van der Waals surface area contributed by atoms with Crippen molar-refractivity contribution < 1.29 is 4.79 Å². The number of nitrogens with zero attached hydrogens (tertiary/aromatic N) is 4. The quantitative estimate of drug-likeness (QED) is 0.343. The Morgan fingerprint density at radius 2 is 2.19 bits per heavy atom. The Labute approximate surface area is 163 Å². The Balaban J connectivity index is 2.15. The van der Waals surface area contributed by atoms with Gasteiger partial charge in [-0.25, -0.2) is 14.6 Å². The fourth-order valence-corrected chi connectivity index (χ4v) is 3.18. The van der Waals surface area contributed by atoms with Crippen molar-refractivity contribution in [2.45, 2.75) is 57.8 Å². The molecular weight excluding hydrogens is 372 g/mol. The summed E-state index contributed by atoms with van der Waals surface area (Å²) in [5, 5.41) is 12.3. The number of aromatic nitrogens is 4. The molecule has 26 heavy (non-hydrogen) atoms. The number of hydrogen-bond acceptors (Lipinski definition) is 6. The number of halogens is 1. The fraction of sp³-hybridized carbons (Fsp3) is 0.647. The molecule has 7 nitrogen and oxygen atoms in total. The minimum absolute atomic E-state index is 0.0121. The van der Waals surface area contributed by atoms with Gasteiger partial charge in [-0.05, 0) is 26.7 Å². The molecule has 0 spiro atoms. The summed E-state index contributed by atoms with van der Waals surface area (Å²) in [7, 11) is 0. The number of alkyl halides is 1. The number of rotatable bonds is 11. The summed E-state index contributed by atoms with van der Waals surface area (Å²) in [5.41, 5.74) is 0.789. The maximum Gasteiger partial charge on any atom is 0.220 e. The van der Waals surface area contributed by atoms with Gasteiger partial charge in [-0.1, -0.05) is 18.7 Å². The zero-order valence-corrected chi connectivity index (χ0v) is 17.2. The van der Waals surface area contributed by atoms with Crippen LogP contribution in [0.2, 0.25) is 0 Å². The number of fused-ring (bicyclic) bond motifs is 1. The largest absolute Gasteiger partial charge is 0.367 e. The molecule has 0 bridgehead atoms. The van der Waals surface area contributed by atoms with Crippen molar-refractivity contribution in [3.05, 3.63) is 6.20 Å². The van der Waals surface area contributed by atoms with Crippen molar-refractivity contribution in [1.82, 2.24) is 25.1 Å². The van der Waals surface area contributed by atoms with E-state index >= 15 is 0 Å². The summed E-state index contributed by atoms with van der Waals surface area (Å²) < 4.78 is 1.82. The highest BCUT2D eigenvalue weighted by Gasteiger charge is 2.14. The average molecular weight is 399 g/mol. The molecule has 0 unspecified atom stereocenters. The molecular formula is C17H27ClN6OS. The van der Waals surface area contributed by atoms with Crippen LogP contribution in [0, 0.1) is 0 Å². The first kappa shape index (κ1) is 20.8. The lowest BCUT2D eigenvalue weighted by molar-refractivity contribution is -0.121. The average Bonchev–Trinajstić information content (AvgIpc) is 3.01. The first-order valence-electron chi connectivity index (χ1n) is 9.00.